The van der Waals surface area contributed by atoms with Crippen LogP contribution in [-0.4, -0.2) is 45.5 Å². The molecule has 1 saturated heterocycles. The summed E-state index contributed by atoms with van der Waals surface area (Å²) in [6.07, 6.45) is 0.679. The topological polar surface area (TPSA) is 80.8 Å². The molecule has 3 aromatic rings. The normalized spacial score (nSPS) is 15.0. The highest BCUT2D eigenvalue weighted by Crippen LogP contribution is 2.26. The molecule has 1 fully saturated rings. The van der Waals surface area contributed by atoms with E-state index in [0.717, 1.165) is 33.5 Å². The summed E-state index contributed by atoms with van der Waals surface area (Å²) >= 11 is 1.60. The second-order valence-corrected chi connectivity index (χ2v) is 7.88. The van der Waals surface area contributed by atoms with Gasteiger partial charge in [0, 0.05) is 30.7 Å². The number of nitrogens with zero attached hydrogens (tertiary/aromatic N) is 4. The van der Waals surface area contributed by atoms with E-state index < -0.39 is 0 Å². The average Bonchev–Trinajstić information content (AvgIpc) is 3.43. The minimum Gasteiger partial charge on any atom is -0.497 e. The third-order valence-electron chi connectivity index (χ3n) is 4.78. The van der Waals surface area contributed by atoms with Gasteiger partial charge in [-0.15, -0.1) is 0 Å². The third kappa shape index (κ3) is 4.54. The van der Waals surface area contributed by atoms with Crippen molar-refractivity contribution in [3.05, 3.63) is 60.0 Å². The Hall–Kier alpha value is -3.13. The average molecular weight is 423 g/mol. The monoisotopic (exact) mass is 422 g/mol. The lowest BCUT2D eigenvalue weighted by Gasteiger charge is -2.15. The van der Waals surface area contributed by atoms with Gasteiger partial charge in [0.2, 0.25) is 17.6 Å². The van der Waals surface area contributed by atoms with Gasteiger partial charge in [0.15, 0.2) is 5.17 Å². The minimum atomic E-state index is 0.0107. The van der Waals surface area contributed by atoms with Crippen LogP contribution < -0.4 is 4.74 Å². The number of methoxy groups -OCH3 is 1. The summed E-state index contributed by atoms with van der Waals surface area (Å²) < 4.78 is 10.5. The van der Waals surface area contributed by atoms with Gasteiger partial charge in [-0.25, -0.2) is 4.99 Å². The fourth-order valence-corrected chi connectivity index (χ4v) is 4.05. The highest BCUT2D eigenvalue weighted by Gasteiger charge is 2.26. The van der Waals surface area contributed by atoms with Gasteiger partial charge in [-0.3, -0.25) is 9.69 Å². The molecule has 30 heavy (non-hydrogen) atoms. The Bertz CT molecular complexity index is 1060. The summed E-state index contributed by atoms with van der Waals surface area (Å²) in [5.41, 5.74) is 2.81. The number of amides is 1. The molecule has 2 heterocycles. The number of rotatable bonds is 6. The molecule has 4 rings (SSSR count). The first-order chi connectivity index (χ1) is 14.6. The smallest absolute Gasteiger partial charge is 0.229 e. The first kappa shape index (κ1) is 20.2. The summed E-state index contributed by atoms with van der Waals surface area (Å²) in [5, 5.41) is 4.77. The standard InChI is InChI=1S/C22H22N4O3S/c1-15-5-3-4-6-18(15)23-22-26(13-14-30-22)20(27)12-11-19-24-21(25-29-19)16-7-9-17(28-2)10-8-16/h3-10H,11-14H2,1-2H3. The van der Waals surface area contributed by atoms with Crippen molar-refractivity contribution in [2.45, 2.75) is 19.8 Å². The molecule has 1 aromatic heterocycles. The van der Waals surface area contributed by atoms with E-state index >= 15 is 0 Å². The van der Waals surface area contributed by atoms with Gasteiger partial charge in [-0.2, -0.15) is 4.98 Å². The minimum absolute atomic E-state index is 0.0107. The fourth-order valence-electron chi connectivity index (χ4n) is 3.08. The first-order valence-corrected chi connectivity index (χ1v) is 10.7. The van der Waals surface area contributed by atoms with Crippen LogP contribution in [0, 0.1) is 6.92 Å². The van der Waals surface area contributed by atoms with Crippen LogP contribution in [0.5, 0.6) is 5.75 Å². The Balaban J connectivity index is 1.39. The number of hydrogen-bond acceptors (Lipinski definition) is 7. The summed E-state index contributed by atoms with van der Waals surface area (Å²) in [5.74, 6) is 2.56. The molecule has 0 N–H and O–H groups in total. The van der Waals surface area contributed by atoms with E-state index in [9.17, 15) is 4.79 Å². The van der Waals surface area contributed by atoms with Crippen molar-refractivity contribution in [3.63, 3.8) is 0 Å². The van der Waals surface area contributed by atoms with Gasteiger partial charge in [0.1, 0.15) is 5.75 Å². The number of amidine groups is 1. The molecule has 1 aliphatic heterocycles. The van der Waals surface area contributed by atoms with E-state index in [1.165, 1.54) is 0 Å². The molecule has 2 aromatic carbocycles. The molecule has 0 spiro atoms. The van der Waals surface area contributed by atoms with Crippen molar-refractivity contribution in [2.75, 3.05) is 19.4 Å². The number of aliphatic imine (C=N–C) groups is 1. The molecule has 0 radical (unpaired) electrons. The van der Waals surface area contributed by atoms with Crippen molar-refractivity contribution in [2.24, 2.45) is 4.99 Å². The molecular weight excluding hydrogens is 400 g/mol. The van der Waals surface area contributed by atoms with Crippen LogP contribution in [-0.2, 0) is 11.2 Å². The Labute approximate surface area is 179 Å². The first-order valence-electron chi connectivity index (χ1n) is 9.68. The number of ether oxygens (including phenoxy) is 1. The summed E-state index contributed by atoms with van der Waals surface area (Å²) in [4.78, 5) is 23.6. The molecule has 0 unspecified atom stereocenters. The van der Waals surface area contributed by atoms with Crippen LogP contribution in [0.4, 0.5) is 5.69 Å². The Kier molecular flexibility index (Phi) is 6.13. The lowest BCUT2D eigenvalue weighted by Crippen LogP contribution is -2.31. The van der Waals surface area contributed by atoms with Crippen LogP contribution >= 0.6 is 11.8 Å². The number of aromatic nitrogens is 2. The zero-order chi connectivity index (χ0) is 20.9. The van der Waals surface area contributed by atoms with Crippen molar-refractivity contribution in [1.82, 2.24) is 15.0 Å². The van der Waals surface area contributed by atoms with Crippen LogP contribution in [0.15, 0.2) is 58.0 Å². The van der Waals surface area contributed by atoms with E-state index in [1.54, 1.807) is 23.8 Å². The summed E-state index contributed by atoms with van der Waals surface area (Å²) in [6.45, 7) is 2.68. The number of carbonyl (C=O) groups is 1. The van der Waals surface area contributed by atoms with Crippen LogP contribution in [0.3, 0.4) is 0 Å². The van der Waals surface area contributed by atoms with Gasteiger partial charge in [-0.1, -0.05) is 35.1 Å². The number of aryl methyl sites for hydroxylation is 2. The Morgan fingerprint density at radius 2 is 2.03 bits per heavy atom. The van der Waals surface area contributed by atoms with Gasteiger partial charge in [-0.05, 0) is 42.8 Å². The summed E-state index contributed by atoms with van der Waals surface area (Å²) in [6, 6.07) is 15.3. The number of thioether (sulfide) groups is 1. The molecule has 0 bridgehead atoms. The van der Waals surface area contributed by atoms with E-state index in [-0.39, 0.29) is 12.3 Å². The SMILES string of the molecule is COc1ccc(-c2noc(CCC(=O)N3CCSC3=Nc3ccccc3C)n2)cc1. The molecule has 0 aliphatic carbocycles. The molecule has 0 atom stereocenters. The van der Waals surface area contributed by atoms with E-state index in [2.05, 4.69) is 10.1 Å². The van der Waals surface area contributed by atoms with Gasteiger partial charge in [0.25, 0.3) is 0 Å². The predicted molar refractivity (Wildman–Crippen MR) is 117 cm³/mol. The maximum absolute atomic E-state index is 12.8. The maximum atomic E-state index is 12.8. The van der Waals surface area contributed by atoms with E-state index in [0.29, 0.717) is 24.7 Å². The molecule has 8 heteroatoms. The largest absolute Gasteiger partial charge is 0.497 e. The van der Waals surface area contributed by atoms with Gasteiger partial charge < -0.3 is 9.26 Å². The van der Waals surface area contributed by atoms with E-state index in [4.69, 9.17) is 14.3 Å². The van der Waals surface area contributed by atoms with Crippen molar-refractivity contribution in [1.29, 1.82) is 0 Å². The van der Waals surface area contributed by atoms with Gasteiger partial charge >= 0.3 is 0 Å². The Morgan fingerprint density at radius 1 is 1.23 bits per heavy atom. The lowest BCUT2D eigenvalue weighted by molar-refractivity contribution is -0.127. The molecule has 154 valence electrons. The van der Waals surface area contributed by atoms with Crippen LogP contribution in [0.1, 0.15) is 17.9 Å². The Morgan fingerprint density at radius 3 is 2.80 bits per heavy atom. The maximum Gasteiger partial charge on any atom is 0.229 e. The highest BCUT2D eigenvalue weighted by atomic mass is 32.2. The number of benzene rings is 2. The molecule has 1 amide bonds. The van der Waals surface area contributed by atoms with Crippen molar-refractivity contribution in [3.8, 4) is 17.1 Å². The van der Waals surface area contributed by atoms with Crippen molar-refractivity contribution >= 4 is 28.5 Å². The van der Waals surface area contributed by atoms with Crippen LogP contribution in [0.25, 0.3) is 11.4 Å². The zero-order valence-corrected chi connectivity index (χ0v) is 17.7. The second kappa shape index (κ2) is 9.13. The molecular formula is C22H22N4O3S. The quantitative estimate of drug-likeness (QED) is 0.591. The number of hydrogen-bond donors (Lipinski definition) is 0. The van der Waals surface area contributed by atoms with E-state index in [1.807, 2.05) is 55.5 Å². The molecule has 0 saturated carbocycles. The fraction of sp³-hybridized carbons (Fsp3) is 0.273. The zero-order valence-electron chi connectivity index (χ0n) is 16.9. The lowest BCUT2D eigenvalue weighted by atomic mass is 10.2. The highest BCUT2D eigenvalue weighted by molar-refractivity contribution is 8.14. The van der Waals surface area contributed by atoms with Crippen LogP contribution in [0.2, 0.25) is 0 Å². The number of carbonyl (C=O) groups excluding carboxylic acids is 1. The third-order valence-corrected chi connectivity index (χ3v) is 5.74. The number of para-hydroxylation sites is 1. The van der Waals surface area contributed by atoms with Crippen molar-refractivity contribution < 1.29 is 14.1 Å². The van der Waals surface area contributed by atoms with Gasteiger partial charge in [0.05, 0.1) is 12.8 Å². The molecule has 7 nitrogen and oxygen atoms in total. The summed E-state index contributed by atoms with van der Waals surface area (Å²) in [7, 11) is 1.62. The second-order valence-electron chi connectivity index (χ2n) is 6.81. The predicted octanol–water partition coefficient (Wildman–Crippen LogP) is 4.25. The molecule has 1 aliphatic rings.